The SMILES string of the molecule is Cc1cccc(CNc2nnnn2-c2cccc(Cl)c2Cl)c1C. The van der Waals surface area contributed by atoms with Gasteiger partial charge in [0.25, 0.3) is 0 Å². The van der Waals surface area contributed by atoms with Gasteiger partial charge in [0, 0.05) is 6.54 Å². The third-order valence-corrected chi connectivity index (χ3v) is 4.59. The fourth-order valence-electron chi connectivity index (χ4n) is 2.29. The highest BCUT2D eigenvalue weighted by molar-refractivity contribution is 6.43. The predicted octanol–water partition coefficient (Wildman–Crippen LogP) is 4.20. The first kappa shape index (κ1) is 15.8. The van der Waals surface area contributed by atoms with Crippen LogP contribution in [0.2, 0.25) is 10.0 Å². The molecule has 3 rings (SSSR count). The highest BCUT2D eigenvalue weighted by Gasteiger charge is 2.13. The molecule has 0 atom stereocenters. The fraction of sp³-hybridized carbons (Fsp3) is 0.188. The van der Waals surface area contributed by atoms with Crippen LogP contribution in [0.4, 0.5) is 5.95 Å². The summed E-state index contributed by atoms with van der Waals surface area (Å²) >= 11 is 12.3. The van der Waals surface area contributed by atoms with Crippen molar-refractivity contribution < 1.29 is 0 Å². The zero-order valence-electron chi connectivity index (χ0n) is 12.7. The molecule has 0 aliphatic rings. The van der Waals surface area contributed by atoms with Crippen molar-refractivity contribution in [3.05, 3.63) is 63.1 Å². The van der Waals surface area contributed by atoms with E-state index in [0.717, 1.165) is 0 Å². The van der Waals surface area contributed by atoms with Crippen molar-refractivity contribution in [1.82, 2.24) is 20.2 Å². The summed E-state index contributed by atoms with van der Waals surface area (Å²) in [4.78, 5) is 0. The van der Waals surface area contributed by atoms with E-state index >= 15 is 0 Å². The van der Waals surface area contributed by atoms with E-state index in [9.17, 15) is 0 Å². The van der Waals surface area contributed by atoms with E-state index in [1.807, 2.05) is 12.1 Å². The minimum atomic E-state index is 0.413. The first-order chi connectivity index (χ1) is 11.1. The van der Waals surface area contributed by atoms with Gasteiger partial charge in [-0.15, -0.1) is 0 Å². The number of tetrazole rings is 1. The number of anilines is 1. The van der Waals surface area contributed by atoms with E-state index < -0.39 is 0 Å². The number of nitrogens with one attached hydrogen (secondary N) is 1. The summed E-state index contributed by atoms with van der Waals surface area (Å²) in [6.45, 7) is 4.81. The molecule has 7 heteroatoms. The van der Waals surface area contributed by atoms with Crippen LogP contribution in [0.3, 0.4) is 0 Å². The molecule has 2 aromatic carbocycles. The summed E-state index contributed by atoms with van der Waals surface area (Å²) < 4.78 is 1.54. The minimum absolute atomic E-state index is 0.413. The molecule has 0 amide bonds. The zero-order chi connectivity index (χ0) is 16.4. The van der Waals surface area contributed by atoms with Crippen molar-refractivity contribution in [2.45, 2.75) is 20.4 Å². The van der Waals surface area contributed by atoms with Crippen molar-refractivity contribution in [2.24, 2.45) is 0 Å². The number of benzene rings is 2. The number of hydrogen-bond acceptors (Lipinski definition) is 4. The average Bonchev–Trinajstić information content (AvgIpc) is 3.00. The summed E-state index contributed by atoms with van der Waals surface area (Å²) in [5.41, 5.74) is 4.32. The van der Waals surface area contributed by atoms with Crippen molar-refractivity contribution >= 4 is 29.2 Å². The Bertz CT molecular complexity index is 844. The molecular weight excluding hydrogens is 333 g/mol. The van der Waals surface area contributed by atoms with Gasteiger partial charge in [0.05, 0.1) is 15.7 Å². The van der Waals surface area contributed by atoms with Gasteiger partial charge in [0.1, 0.15) is 0 Å². The molecule has 0 aliphatic carbocycles. The number of halogens is 2. The van der Waals surface area contributed by atoms with Crippen LogP contribution in [-0.4, -0.2) is 20.2 Å². The van der Waals surface area contributed by atoms with Crippen molar-refractivity contribution in [1.29, 1.82) is 0 Å². The molecule has 1 N–H and O–H groups in total. The number of aryl methyl sites for hydroxylation is 1. The molecular formula is C16H15Cl2N5. The number of hydrogen-bond donors (Lipinski definition) is 1. The van der Waals surface area contributed by atoms with Gasteiger partial charge in [-0.05, 0) is 53.1 Å². The predicted molar refractivity (Wildman–Crippen MR) is 92.4 cm³/mol. The molecule has 0 aliphatic heterocycles. The lowest BCUT2D eigenvalue weighted by molar-refractivity contribution is 0.789. The third kappa shape index (κ3) is 3.16. The highest BCUT2D eigenvalue weighted by Crippen LogP contribution is 2.29. The Labute approximate surface area is 144 Å². The van der Waals surface area contributed by atoms with Gasteiger partial charge < -0.3 is 5.32 Å². The highest BCUT2D eigenvalue weighted by atomic mass is 35.5. The second-order valence-electron chi connectivity index (χ2n) is 5.20. The molecule has 0 fully saturated rings. The van der Waals surface area contributed by atoms with E-state index in [1.54, 1.807) is 16.8 Å². The largest absolute Gasteiger partial charge is 0.349 e. The van der Waals surface area contributed by atoms with Crippen LogP contribution in [0.15, 0.2) is 36.4 Å². The molecule has 23 heavy (non-hydrogen) atoms. The molecule has 1 heterocycles. The van der Waals surface area contributed by atoms with Gasteiger partial charge >= 0.3 is 0 Å². The summed E-state index contributed by atoms with van der Waals surface area (Å²) in [5.74, 6) is 0.509. The van der Waals surface area contributed by atoms with Crippen LogP contribution in [0.1, 0.15) is 16.7 Å². The molecule has 0 radical (unpaired) electrons. The first-order valence-electron chi connectivity index (χ1n) is 7.09. The van der Waals surface area contributed by atoms with Gasteiger partial charge in [-0.3, -0.25) is 0 Å². The normalized spacial score (nSPS) is 10.8. The van der Waals surface area contributed by atoms with E-state index in [2.05, 4.69) is 46.8 Å². The zero-order valence-corrected chi connectivity index (χ0v) is 14.2. The van der Waals surface area contributed by atoms with Crippen LogP contribution in [0, 0.1) is 13.8 Å². The number of rotatable bonds is 4. The number of aromatic nitrogens is 4. The van der Waals surface area contributed by atoms with Gasteiger partial charge in [-0.2, -0.15) is 4.68 Å². The topological polar surface area (TPSA) is 55.6 Å². The molecule has 3 aromatic rings. The van der Waals surface area contributed by atoms with Crippen molar-refractivity contribution in [3.8, 4) is 5.69 Å². The molecule has 5 nitrogen and oxygen atoms in total. The second kappa shape index (κ2) is 6.56. The lowest BCUT2D eigenvalue weighted by atomic mass is 10.0. The molecule has 0 saturated heterocycles. The number of nitrogens with zero attached hydrogens (tertiary/aromatic N) is 4. The van der Waals surface area contributed by atoms with Gasteiger partial charge in [-0.1, -0.05) is 52.6 Å². The maximum Gasteiger partial charge on any atom is 0.248 e. The van der Waals surface area contributed by atoms with Crippen LogP contribution < -0.4 is 5.32 Å². The summed E-state index contributed by atoms with van der Waals surface area (Å²) in [6.07, 6.45) is 0. The molecule has 0 saturated carbocycles. The standard InChI is InChI=1S/C16H15Cl2N5/c1-10-5-3-6-12(11(10)2)9-19-16-20-21-22-23(16)14-8-4-7-13(17)15(14)18/h3-8H,9H2,1-2H3,(H,19,20,22). The fourth-order valence-corrected chi connectivity index (χ4v) is 2.67. The Hall–Kier alpha value is -2.11. The molecule has 0 unspecified atom stereocenters. The lowest BCUT2D eigenvalue weighted by Crippen LogP contribution is -2.09. The van der Waals surface area contributed by atoms with E-state index in [0.29, 0.717) is 28.2 Å². The van der Waals surface area contributed by atoms with Gasteiger partial charge in [0.15, 0.2) is 0 Å². The Balaban J connectivity index is 1.87. The smallest absolute Gasteiger partial charge is 0.248 e. The first-order valence-corrected chi connectivity index (χ1v) is 7.85. The van der Waals surface area contributed by atoms with E-state index in [4.69, 9.17) is 23.2 Å². The van der Waals surface area contributed by atoms with Crippen molar-refractivity contribution in [2.75, 3.05) is 5.32 Å². The third-order valence-electron chi connectivity index (χ3n) is 3.78. The Morgan fingerprint density at radius 3 is 2.70 bits per heavy atom. The Morgan fingerprint density at radius 1 is 1.09 bits per heavy atom. The van der Waals surface area contributed by atoms with E-state index in [1.165, 1.54) is 16.7 Å². The van der Waals surface area contributed by atoms with Crippen LogP contribution in [0.5, 0.6) is 0 Å². The summed E-state index contributed by atoms with van der Waals surface area (Å²) in [5, 5.41) is 15.8. The van der Waals surface area contributed by atoms with Crippen LogP contribution in [-0.2, 0) is 6.54 Å². The lowest BCUT2D eigenvalue weighted by Gasteiger charge is -2.11. The molecule has 1 aromatic heterocycles. The molecule has 0 bridgehead atoms. The quantitative estimate of drug-likeness (QED) is 0.768. The van der Waals surface area contributed by atoms with Crippen LogP contribution >= 0.6 is 23.2 Å². The van der Waals surface area contributed by atoms with Gasteiger partial charge in [0.2, 0.25) is 5.95 Å². The molecule has 118 valence electrons. The van der Waals surface area contributed by atoms with Gasteiger partial charge in [-0.25, -0.2) is 0 Å². The monoisotopic (exact) mass is 347 g/mol. The summed E-state index contributed by atoms with van der Waals surface area (Å²) in [7, 11) is 0. The minimum Gasteiger partial charge on any atom is -0.349 e. The maximum absolute atomic E-state index is 6.24. The van der Waals surface area contributed by atoms with E-state index in [-0.39, 0.29) is 0 Å². The Morgan fingerprint density at radius 2 is 1.87 bits per heavy atom. The molecule has 0 spiro atoms. The Kier molecular flexibility index (Phi) is 4.50. The average molecular weight is 348 g/mol. The van der Waals surface area contributed by atoms with Crippen molar-refractivity contribution in [3.63, 3.8) is 0 Å². The summed E-state index contributed by atoms with van der Waals surface area (Å²) in [6, 6.07) is 11.6. The maximum atomic E-state index is 6.24. The second-order valence-corrected chi connectivity index (χ2v) is 5.98. The van der Waals surface area contributed by atoms with Crippen LogP contribution in [0.25, 0.3) is 5.69 Å².